The lowest BCUT2D eigenvalue weighted by Crippen LogP contribution is -2.33. The molecule has 35 heavy (non-hydrogen) atoms. The summed E-state index contributed by atoms with van der Waals surface area (Å²) in [6, 6.07) is 15.5. The highest BCUT2D eigenvalue weighted by molar-refractivity contribution is 6.17. The Morgan fingerprint density at radius 1 is 1.03 bits per heavy atom. The molecule has 1 aliphatic heterocycles. The van der Waals surface area contributed by atoms with Crippen molar-refractivity contribution in [3.63, 3.8) is 0 Å². The number of carbonyl (C=O) groups excluding carboxylic acids is 1. The summed E-state index contributed by atoms with van der Waals surface area (Å²) in [4.78, 5) is 21.0. The van der Waals surface area contributed by atoms with Gasteiger partial charge in [-0.15, -0.1) is 11.6 Å². The van der Waals surface area contributed by atoms with Crippen LogP contribution in [0, 0.1) is 0 Å². The molecule has 7 heteroatoms. The van der Waals surface area contributed by atoms with Gasteiger partial charge in [-0.1, -0.05) is 30.3 Å². The minimum absolute atomic E-state index is 0.116. The number of amides is 1. The maximum absolute atomic E-state index is 12.7. The molecule has 1 aliphatic carbocycles. The number of hydrogen-bond donors (Lipinski definition) is 2. The van der Waals surface area contributed by atoms with Crippen LogP contribution in [0.25, 0.3) is 10.9 Å². The first-order chi connectivity index (χ1) is 17.1. The van der Waals surface area contributed by atoms with Crippen LogP contribution in [0.5, 0.6) is 0 Å². The minimum Gasteiger partial charge on any atom is -0.389 e. The number of aromatic nitrogens is 1. The molecule has 5 rings (SSSR count). The smallest absolute Gasteiger partial charge is 0.261 e. The molecule has 2 aromatic carbocycles. The molecule has 1 amide bonds. The van der Waals surface area contributed by atoms with Crippen LogP contribution in [0.15, 0.2) is 73.3 Å². The first kappa shape index (κ1) is 23.4. The topological polar surface area (TPSA) is 68.7 Å². The number of rotatable bonds is 7. The lowest BCUT2D eigenvalue weighted by atomic mass is 9.92. The van der Waals surface area contributed by atoms with Crippen molar-refractivity contribution in [2.45, 2.75) is 37.7 Å². The van der Waals surface area contributed by atoms with Crippen LogP contribution in [0.3, 0.4) is 0 Å². The molecule has 1 aromatic heterocycles. The number of alkyl halides is 1. The Labute approximate surface area is 210 Å². The van der Waals surface area contributed by atoms with Gasteiger partial charge in [0.15, 0.2) is 0 Å². The summed E-state index contributed by atoms with van der Waals surface area (Å²) < 4.78 is 0. The Morgan fingerprint density at radius 2 is 1.77 bits per heavy atom. The molecule has 0 radical (unpaired) electrons. The number of hydrogen-bond acceptors (Lipinski definition) is 5. The van der Waals surface area contributed by atoms with E-state index in [4.69, 9.17) is 16.6 Å². The highest BCUT2D eigenvalue weighted by atomic mass is 35.5. The molecular weight excluding hydrogens is 460 g/mol. The molecule has 2 heterocycles. The number of pyridine rings is 1. The van der Waals surface area contributed by atoms with Crippen molar-refractivity contribution in [1.29, 1.82) is 0 Å². The van der Waals surface area contributed by atoms with Gasteiger partial charge in [0, 0.05) is 66.1 Å². The van der Waals surface area contributed by atoms with Gasteiger partial charge in [-0.05, 0) is 55.0 Å². The van der Waals surface area contributed by atoms with Gasteiger partial charge >= 0.3 is 0 Å². The highest BCUT2D eigenvalue weighted by Gasteiger charge is 2.20. The van der Waals surface area contributed by atoms with Gasteiger partial charge in [0.1, 0.15) is 0 Å². The molecule has 3 aromatic rings. The van der Waals surface area contributed by atoms with Gasteiger partial charge in [0.25, 0.3) is 5.91 Å². The number of fused-ring (bicyclic) bond motifs is 2. The fraction of sp³-hybridized carbons (Fsp3) is 0.286. The molecular formula is C28H29ClN4O2. The Kier molecular flexibility index (Phi) is 7.02. The number of aliphatic hydroxyl groups is 1. The van der Waals surface area contributed by atoms with E-state index in [1.54, 1.807) is 36.9 Å². The average molecular weight is 489 g/mol. The predicted octanol–water partition coefficient (Wildman–Crippen LogP) is 5.03. The second-order valence-corrected chi connectivity index (χ2v) is 9.27. The third-order valence-corrected chi connectivity index (χ3v) is 6.84. The van der Waals surface area contributed by atoms with E-state index in [0.717, 1.165) is 35.0 Å². The molecule has 6 nitrogen and oxygen atoms in total. The third-order valence-electron chi connectivity index (χ3n) is 6.53. The van der Waals surface area contributed by atoms with E-state index in [9.17, 15) is 9.90 Å². The summed E-state index contributed by atoms with van der Waals surface area (Å²) in [5.74, 6) is 0.305. The summed E-state index contributed by atoms with van der Waals surface area (Å²) in [5, 5.41) is 15.4. The monoisotopic (exact) mass is 488 g/mol. The molecule has 1 unspecified atom stereocenters. The molecule has 1 atom stereocenters. The van der Waals surface area contributed by atoms with E-state index < -0.39 is 6.10 Å². The molecule has 0 saturated heterocycles. The number of carbonyl (C=O) groups is 1. The lowest BCUT2D eigenvalue weighted by molar-refractivity contribution is 0.0862. The number of nitrogens with zero attached hydrogens (tertiary/aromatic N) is 3. The van der Waals surface area contributed by atoms with Gasteiger partial charge in [-0.2, -0.15) is 0 Å². The van der Waals surface area contributed by atoms with Gasteiger partial charge < -0.3 is 15.3 Å². The van der Waals surface area contributed by atoms with Crippen molar-refractivity contribution in [3.8, 4) is 0 Å². The van der Waals surface area contributed by atoms with Gasteiger partial charge in [0.2, 0.25) is 0 Å². The fourth-order valence-electron chi connectivity index (χ4n) is 4.66. The van der Waals surface area contributed by atoms with Crippen molar-refractivity contribution in [2.24, 2.45) is 0 Å². The quantitative estimate of drug-likeness (QED) is 0.457. The standard InChI is InChI=1S/C28H29ClN4O2/c29-17-20-9-11-21(12-10-20)28(35)33-15-13-32(14-16-33)19-22(34)18-30-27-23-5-1-3-7-25(23)31-26-8-4-2-6-24(26)27/h1,3,5,7,9-16,22,34H,2,4,6,8,17-19H2,(H,30,31). The Bertz CT molecular complexity index is 1260. The fourth-order valence-corrected chi connectivity index (χ4v) is 4.84. The van der Waals surface area contributed by atoms with Crippen molar-refractivity contribution in [1.82, 2.24) is 14.8 Å². The zero-order chi connectivity index (χ0) is 24.2. The molecule has 0 fully saturated rings. The molecule has 2 N–H and O–H groups in total. The van der Waals surface area contributed by atoms with Crippen molar-refractivity contribution >= 4 is 34.1 Å². The summed E-state index contributed by atoms with van der Waals surface area (Å²) in [6.07, 6.45) is 10.8. The van der Waals surface area contributed by atoms with E-state index in [-0.39, 0.29) is 5.91 Å². The van der Waals surface area contributed by atoms with Crippen LogP contribution in [-0.2, 0) is 18.7 Å². The van der Waals surface area contributed by atoms with E-state index in [0.29, 0.717) is 24.5 Å². The number of β-amino-alcohol motifs (C(OH)–C–C–N with tert-alkyl or cyclic N) is 1. The molecule has 0 saturated carbocycles. The van der Waals surface area contributed by atoms with Crippen LogP contribution < -0.4 is 5.32 Å². The summed E-state index contributed by atoms with van der Waals surface area (Å²) >= 11 is 5.83. The van der Waals surface area contributed by atoms with Crippen LogP contribution in [0.2, 0.25) is 0 Å². The van der Waals surface area contributed by atoms with Crippen LogP contribution in [0.4, 0.5) is 5.69 Å². The van der Waals surface area contributed by atoms with Gasteiger partial charge in [-0.3, -0.25) is 14.7 Å². The number of para-hydroxylation sites is 1. The summed E-state index contributed by atoms with van der Waals surface area (Å²) in [7, 11) is 0. The Balaban J connectivity index is 1.20. The molecule has 0 spiro atoms. The number of aliphatic hydroxyl groups excluding tert-OH is 1. The van der Waals surface area contributed by atoms with Crippen LogP contribution in [-0.4, -0.2) is 45.0 Å². The first-order valence-electron chi connectivity index (χ1n) is 12.0. The zero-order valence-corrected chi connectivity index (χ0v) is 20.3. The summed E-state index contributed by atoms with van der Waals surface area (Å²) in [5.41, 5.74) is 6.13. The zero-order valence-electron chi connectivity index (χ0n) is 19.5. The number of anilines is 1. The first-order valence-corrected chi connectivity index (χ1v) is 12.6. The maximum atomic E-state index is 12.7. The Morgan fingerprint density at radius 3 is 2.54 bits per heavy atom. The predicted molar refractivity (Wildman–Crippen MR) is 140 cm³/mol. The molecule has 2 aliphatic rings. The average Bonchev–Trinajstić information content (AvgIpc) is 2.91. The van der Waals surface area contributed by atoms with Crippen molar-refractivity contribution < 1.29 is 9.90 Å². The highest BCUT2D eigenvalue weighted by Crippen LogP contribution is 2.33. The number of halogens is 1. The second kappa shape index (κ2) is 10.5. The van der Waals surface area contributed by atoms with E-state index in [1.165, 1.54) is 29.0 Å². The summed E-state index contributed by atoms with van der Waals surface area (Å²) in [6.45, 7) is 0.839. The van der Waals surface area contributed by atoms with Gasteiger partial charge in [0.05, 0.1) is 11.6 Å². The van der Waals surface area contributed by atoms with Crippen molar-refractivity contribution in [2.75, 3.05) is 18.4 Å². The minimum atomic E-state index is -0.596. The largest absolute Gasteiger partial charge is 0.389 e. The van der Waals surface area contributed by atoms with Crippen LogP contribution in [0.1, 0.15) is 40.0 Å². The van der Waals surface area contributed by atoms with E-state index in [1.807, 2.05) is 29.2 Å². The van der Waals surface area contributed by atoms with E-state index in [2.05, 4.69) is 17.4 Å². The number of benzene rings is 2. The Hall–Kier alpha value is -3.35. The maximum Gasteiger partial charge on any atom is 0.261 e. The normalized spacial score (nSPS) is 15.8. The van der Waals surface area contributed by atoms with Crippen molar-refractivity contribution in [3.05, 3.63) is 95.7 Å². The molecule has 0 bridgehead atoms. The molecule has 180 valence electrons. The van der Waals surface area contributed by atoms with E-state index >= 15 is 0 Å². The second-order valence-electron chi connectivity index (χ2n) is 9.01. The number of nitrogens with one attached hydrogen (secondary N) is 1. The van der Waals surface area contributed by atoms with Gasteiger partial charge in [-0.25, -0.2) is 0 Å². The number of aryl methyl sites for hydroxylation is 1. The van der Waals surface area contributed by atoms with Crippen LogP contribution >= 0.6 is 11.6 Å². The SMILES string of the molecule is O=C(c1ccc(CCl)cc1)N1C=CN(CC(O)CNc2c3c(nc4ccccc24)CCCC3)C=C1. The lowest BCUT2D eigenvalue weighted by Gasteiger charge is -2.27. The third kappa shape index (κ3) is 5.19.